The van der Waals surface area contributed by atoms with Crippen LogP contribution in [0.1, 0.15) is 5.56 Å². The summed E-state index contributed by atoms with van der Waals surface area (Å²) in [6, 6.07) is 6.50. The highest BCUT2D eigenvalue weighted by molar-refractivity contribution is 5.81. The lowest BCUT2D eigenvalue weighted by Crippen LogP contribution is -2.13. The highest BCUT2D eigenvalue weighted by Crippen LogP contribution is 2.23. The van der Waals surface area contributed by atoms with Crippen molar-refractivity contribution in [3.63, 3.8) is 0 Å². The summed E-state index contributed by atoms with van der Waals surface area (Å²) >= 11 is 0. The quantitative estimate of drug-likeness (QED) is 0.721. The Labute approximate surface area is 95.0 Å². The van der Waals surface area contributed by atoms with Crippen molar-refractivity contribution >= 4 is 16.6 Å². The van der Waals surface area contributed by atoms with Gasteiger partial charge in [-0.25, -0.2) is 4.98 Å². The van der Waals surface area contributed by atoms with Crippen LogP contribution in [0.5, 0.6) is 0 Å². The largest absolute Gasteiger partial charge is 0.334 e. The Morgan fingerprint density at radius 3 is 2.88 bits per heavy atom. The molecule has 0 bridgehead atoms. The van der Waals surface area contributed by atoms with Gasteiger partial charge < -0.3 is 4.57 Å². The summed E-state index contributed by atoms with van der Waals surface area (Å²) in [7, 11) is 4.18. The van der Waals surface area contributed by atoms with E-state index >= 15 is 0 Å². The molecule has 82 valence electrons. The van der Waals surface area contributed by atoms with Crippen LogP contribution in [-0.4, -0.2) is 34.6 Å². The van der Waals surface area contributed by atoms with E-state index in [-0.39, 0.29) is 0 Å². The van der Waals surface area contributed by atoms with E-state index < -0.39 is 0 Å². The zero-order valence-corrected chi connectivity index (χ0v) is 9.64. The third-order valence-electron chi connectivity index (χ3n) is 3.19. The Kier molecular flexibility index (Phi) is 2.07. The molecule has 3 heteroatoms. The summed E-state index contributed by atoms with van der Waals surface area (Å²) < 4.78 is 2.07. The van der Waals surface area contributed by atoms with Gasteiger partial charge in [-0.3, -0.25) is 4.90 Å². The van der Waals surface area contributed by atoms with Crippen molar-refractivity contribution in [1.29, 1.82) is 0 Å². The Morgan fingerprint density at radius 2 is 2.12 bits per heavy atom. The SMILES string of the molecule is CN1CC=C(c2ccc3ncn(C)c3c2)C1. The second-order valence-electron chi connectivity index (χ2n) is 4.49. The topological polar surface area (TPSA) is 21.1 Å². The van der Waals surface area contributed by atoms with Gasteiger partial charge in [0.15, 0.2) is 0 Å². The minimum atomic E-state index is 1.04. The van der Waals surface area contributed by atoms with E-state index in [2.05, 4.69) is 45.8 Å². The molecular weight excluding hydrogens is 198 g/mol. The van der Waals surface area contributed by atoms with Crippen LogP contribution in [0, 0.1) is 0 Å². The fourth-order valence-electron chi connectivity index (χ4n) is 2.22. The van der Waals surface area contributed by atoms with E-state index in [1.807, 2.05) is 13.4 Å². The first-order valence-corrected chi connectivity index (χ1v) is 5.53. The van der Waals surface area contributed by atoms with Crippen molar-refractivity contribution < 1.29 is 0 Å². The van der Waals surface area contributed by atoms with Crippen LogP contribution in [0.25, 0.3) is 16.6 Å². The number of rotatable bonds is 1. The van der Waals surface area contributed by atoms with Crippen molar-refractivity contribution in [3.05, 3.63) is 36.2 Å². The monoisotopic (exact) mass is 213 g/mol. The first-order valence-electron chi connectivity index (χ1n) is 5.53. The highest BCUT2D eigenvalue weighted by Gasteiger charge is 2.12. The van der Waals surface area contributed by atoms with Crippen molar-refractivity contribution in [2.24, 2.45) is 7.05 Å². The standard InChI is InChI=1S/C13H15N3/c1-15-6-5-11(8-15)10-3-4-12-13(7-10)16(2)9-14-12/h3-5,7,9H,6,8H2,1-2H3. The maximum Gasteiger partial charge on any atom is 0.0955 e. The second kappa shape index (κ2) is 3.46. The first-order chi connectivity index (χ1) is 7.74. The molecule has 0 saturated carbocycles. The average molecular weight is 213 g/mol. The molecule has 2 aromatic rings. The molecule has 3 rings (SSSR count). The number of hydrogen-bond acceptors (Lipinski definition) is 2. The molecule has 0 aliphatic carbocycles. The molecule has 3 nitrogen and oxygen atoms in total. The van der Waals surface area contributed by atoms with Gasteiger partial charge in [0.1, 0.15) is 0 Å². The molecule has 0 saturated heterocycles. The molecule has 0 fully saturated rings. The van der Waals surface area contributed by atoms with E-state index in [1.54, 1.807) is 0 Å². The molecule has 1 aromatic heterocycles. The number of nitrogens with zero attached hydrogens (tertiary/aromatic N) is 3. The Bertz CT molecular complexity index is 566. The van der Waals surface area contributed by atoms with Crippen LogP contribution < -0.4 is 0 Å². The maximum absolute atomic E-state index is 4.33. The number of hydrogen-bond donors (Lipinski definition) is 0. The zero-order valence-electron chi connectivity index (χ0n) is 9.64. The average Bonchev–Trinajstić information content (AvgIpc) is 2.86. The van der Waals surface area contributed by atoms with Gasteiger partial charge in [-0.15, -0.1) is 0 Å². The summed E-state index contributed by atoms with van der Waals surface area (Å²) in [6.07, 6.45) is 4.17. The number of benzene rings is 1. The van der Waals surface area contributed by atoms with Crippen LogP contribution in [0.15, 0.2) is 30.6 Å². The van der Waals surface area contributed by atoms with Gasteiger partial charge >= 0.3 is 0 Å². The second-order valence-corrected chi connectivity index (χ2v) is 4.49. The highest BCUT2D eigenvalue weighted by atomic mass is 15.1. The lowest BCUT2D eigenvalue weighted by Gasteiger charge is -2.08. The van der Waals surface area contributed by atoms with Crippen LogP contribution in [-0.2, 0) is 7.05 Å². The predicted molar refractivity (Wildman–Crippen MR) is 66.2 cm³/mol. The van der Waals surface area contributed by atoms with E-state index in [0.717, 1.165) is 18.6 Å². The third kappa shape index (κ3) is 1.44. The molecule has 0 spiro atoms. The smallest absolute Gasteiger partial charge is 0.0955 e. The zero-order chi connectivity index (χ0) is 11.1. The lowest BCUT2D eigenvalue weighted by molar-refractivity contribution is 0.438. The van der Waals surface area contributed by atoms with E-state index in [0.29, 0.717) is 0 Å². The normalized spacial score (nSPS) is 17.0. The van der Waals surface area contributed by atoms with Gasteiger partial charge in [0, 0.05) is 20.1 Å². The summed E-state index contributed by atoms with van der Waals surface area (Å²) in [5.74, 6) is 0. The van der Waals surface area contributed by atoms with Gasteiger partial charge in [0.05, 0.1) is 17.4 Å². The molecular formula is C13H15N3. The van der Waals surface area contributed by atoms with Crippen LogP contribution in [0.4, 0.5) is 0 Å². The Morgan fingerprint density at radius 1 is 1.25 bits per heavy atom. The first kappa shape index (κ1) is 9.60. The number of imidazole rings is 1. The van der Waals surface area contributed by atoms with Crippen LogP contribution >= 0.6 is 0 Å². The summed E-state index contributed by atoms with van der Waals surface area (Å²) in [5, 5.41) is 0. The fraction of sp³-hybridized carbons (Fsp3) is 0.308. The summed E-state index contributed by atoms with van der Waals surface area (Å²) in [6.45, 7) is 2.10. The number of fused-ring (bicyclic) bond motifs is 1. The fourth-order valence-corrected chi connectivity index (χ4v) is 2.22. The van der Waals surface area contributed by atoms with Crippen LogP contribution in [0.2, 0.25) is 0 Å². The summed E-state index contributed by atoms with van der Waals surface area (Å²) in [4.78, 5) is 6.64. The number of aromatic nitrogens is 2. The van der Waals surface area contributed by atoms with Gasteiger partial charge in [-0.05, 0) is 30.3 Å². The molecule has 16 heavy (non-hydrogen) atoms. The van der Waals surface area contributed by atoms with Gasteiger partial charge in [-0.1, -0.05) is 12.1 Å². The minimum absolute atomic E-state index is 1.04. The molecule has 1 aliphatic heterocycles. The number of likely N-dealkylation sites (N-methyl/N-ethyl adjacent to an activating group) is 1. The molecule has 2 heterocycles. The molecule has 0 amide bonds. The number of aryl methyl sites for hydroxylation is 1. The van der Waals surface area contributed by atoms with E-state index in [4.69, 9.17) is 0 Å². The van der Waals surface area contributed by atoms with Crippen molar-refractivity contribution in [3.8, 4) is 0 Å². The Hall–Kier alpha value is -1.61. The van der Waals surface area contributed by atoms with Crippen molar-refractivity contribution in [2.45, 2.75) is 0 Å². The molecule has 0 unspecified atom stereocenters. The lowest BCUT2D eigenvalue weighted by atomic mass is 10.1. The molecule has 1 aromatic carbocycles. The van der Waals surface area contributed by atoms with Gasteiger partial charge in [0.25, 0.3) is 0 Å². The van der Waals surface area contributed by atoms with Gasteiger partial charge in [0.2, 0.25) is 0 Å². The third-order valence-corrected chi connectivity index (χ3v) is 3.19. The Balaban J connectivity index is 2.08. The summed E-state index contributed by atoms with van der Waals surface area (Å²) in [5.41, 5.74) is 5.01. The van der Waals surface area contributed by atoms with Gasteiger partial charge in [-0.2, -0.15) is 0 Å². The van der Waals surface area contributed by atoms with E-state index in [9.17, 15) is 0 Å². The van der Waals surface area contributed by atoms with Crippen LogP contribution in [0.3, 0.4) is 0 Å². The van der Waals surface area contributed by atoms with Crippen molar-refractivity contribution in [2.75, 3.05) is 20.1 Å². The van der Waals surface area contributed by atoms with E-state index in [1.165, 1.54) is 16.7 Å². The molecule has 0 atom stereocenters. The maximum atomic E-state index is 4.33. The predicted octanol–water partition coefficient (Wildman–Crippen LogP) is 1.90. The minimum Gasteiger partial charge on any atom is -0.334 e. The van der Waals surface area contributed by atoms with Crippen molar-refractivity contribution in [1.82, 2.24) is 14.5 Å². The molecule has 1 aliphatic rings. The molecule has 0 radical (unpaired) electrons. The molecule has 0 N–H and O–H groups in total.